The van der Waals surface area contributed by atoms with Gasteiger partial charge in [0.2, 0.25) is 5.91 Å². The molecule has 1 aliphatic carbocycles. The molecule has 1 amide bonds. The number of benzene rings is 1. The van der Waals surface area contributed by atoms with Crippen LogP contribution in [0.2, 0.25) is 0 Å². The molecule has 5 heteroatoms. The van der Waals surface area contributed by atoms with Crippen molar-refractivity contribution in [3.05, 3.63) is 71.8 Å². The zero-order valence-electron chi connectivity index (χ0n) is 14.3. The van der Waals surface area contributed by atoms with Gasteiger partial charge < -0.3 is 5.32 Å². The van der Waals surface area contributed by atoms with E-state index in [1.165, 1.54) is 11.1 Å². The van der Waals surface area contributed by atoms with Crippen molar-refractivity contribution in [1.82, 2.24) is 14.8 Å². The molecule has 126 valence electrons. The van der Waals surface area contributed by atoms with Crippen molar-refractivity contribution in [2.45, 2.75) is 26.2 Å². The topological polar surface area (TPSA) is 59.8 Å². The van der Waals surface area contributed by atoms with Gasteiger partial charge in [-0.15, -0.1) is 0 Å². The van der Waals surface area contributed by atoms with Crippen molar-refractivity contribution in [3.63, 3.8) is 0 Å². The van der Waals surface area contributed by atoms with Gasteiger partial charge in [-0.2, -0.15) is 5.10 Å². The minimum atomic E-state index is 0.0218. The van der Waals surface area contributed by atoms with Crippen LogP contribution in [0.4, 0.5) is 5.69 Å². The average Bonchev–Trinajstić information content (AvgIpc) is 3.29. The maximum Gasteiger partial charge on any atom is 0.228 e. The van der Waals surface area contributed by atoms with Crippen LogP contribution in [0.15, 0.2) is 55.1 Å². The van der Waals surface area contributed by atoms with Gasteiger partial charge in [-0.05, 0) is 48.9 Å². The van der Waals surface area contributed by atoms with E-state index < -0.39 is 0 Å². The molecule has 0 radical (unpaired) electrons. The summed E-state index contributed by atoms with van der Waals surface area (Å²) in [7, 11) is 0. The predicted molar refractivity (Wildman–Crippen MR) is 96.8 cm³/mol. The van der Waals surface area contributed by atoms with Crippen LogP contribution >= 0.6 is 0 Å². The zero-order valence-corrected chi connectivity index (χ0v) is 14.3. The Bertz CT molecular complexity index is 931. The van der Waals surface area contributed by atoms with Crippen molar-refractivity contribution >= 4 is 11.6 Å². The van der Waals surface area contributed by atoms with Crippen LogP contribution in [-0.4, -0.2) is 20.7 Å². The molecule has 1 saturated carbocycles. The molecule has 1 aromatic carbocycles. The summed E-state index contributed by atoms with van der Waals surface area (Å²) < 4.78 is 1.76. The monoisotopic (exact) mass is 332 g/mol. The van der Waals surface area contributed by atoms with Gasteiger partial charge in [-0.3, -0.25) is 9.78 Å². The van der Waals surface area contributed by atoms with E-state index in [-0.39, 0.29) is 11.8 Å². The van der Waals surface area contributed by atoms with E-state index in [1.807, 2.05) is 31.3 Å². The quantitative estimate of drug-likeness (QED) is 0.794. The van der Waals surface area contributed by atoms with Crippen molar-refractivity contribution in [3.8, 4) is 5.69 Å². The summed E-state index contributed by atoms with van der Waals surface area (Å²) in [6.45, 7) is 4.09. The Labute approximate surface area is 146 Å². The lowest BCUT2D eigenvalue weighted by Gasteiger charge is -2.11. The number of hydrogen-bond donors (Lipinski definition) is 1. The summed E-state index contributed by atoms with van der Waals surface area (Å²) in [5, 5.41) is 7.36. The molecule has 2 heterocycles. The van der Waals surface area contributed by atoms with E-state index in [0.717, 1.165) is 17.7 Å². The largest absolute Gasteiger partial charge is 0.323 e. The molecular formula is C20H20N4O. The van der Waals surface area contributed by atoms with Gasteiger partial charge in [0.05, 0.1) is 23.8 Å². The van der Waals surface area contributed by atoms with Crippen LogP contribution in [0.5, 0.6) is 0 Å². The van der Waals surface area contributed by atoms with Gasteiger partial charge in [-0.25, -0.2) is 4.68 Å². The van der Waals surface area contributed by atoms with E-state index in [9.17, 15) is 4.79 Å². The third-order valence-electron chi connectivity index (χ3n) is 4.73. The van der Waals surface area contributed by atoms with Gasteiger partial charge in [0.15, 0.2) is 0 Å². The number of hydrogen-bond acceptors (Lipinski definition) is 3. The molecule has 25 heavy (non-hydrogen) atoms. The number of aromatic nitrogens is 3. The van der Waals surface area contributed by atoms with Crippen molar-refractivity contribution in [2.75, 3.05) is 5.32 Å². The van der Waals surface area contributed by atoms with Crippen LogP contribution in [0.25, 0.3) is 5.69 Å². The van der Waals surface area contributed by atoms with E-state index >= 15 is 0 Å². The number of carbonyl (C=O) groups excluding carboxylic acids is 1. The normalized spacial score (nSPS) is 18.8. The molecule has 4 rings (SSSR count). The third-order valence-corrected chi connectivity index (χ3v) is 4.73. The van der Waals surface area contributed by atoms with Gasteiger partial charge in [0, 0.05) is 18.3 Å². The van der Waals surface area contributed by atoms with Crippen LogP contribution < -0.4 is 5.32 Å². The molecule has 3 aromatic rings. The Morgan fingerprint density at radius 3 is 2.80 bits per heavy atom. The zero-order chi connectivity index (χ0) is 17.4. The highest BCUT2D eigenvalue weighted by Gasteiger charge is 2.44. The first-order chi connectivity index (χ1) is 12.1. The molecule has 0 spiro atoms. The standard InChI is InChI=1S/C20H20N4O/c1-13-10-22-24(12-13)19-7-8-21-11-18(19)23-20(25)17-9-16(17)15-6-4-3-5-14(15)2/h3-8,10-12,16-17H,9H2,1-2H3,(H,23,25)/t16-,17+/m1/s1. The Balaban J connectivity index is 1.52. The predicted octanol–water partition coefficient (Wildman–Crippen LogP) is 3.63. The fraction of sp³-hybridized carbons (Fsp3) is 0.250. The second kappa shape index (κ2) is 6.16. The maximum absolute atomic E-state index is 12.7. The molecular weight excluding hydrogens is 312 g/mol. The minimum Gasteiger partial charge on any atom is -0.323 e. The fourth-order valence-electron chi connectivity index (χ4n) is 3.28. The SMILES string of the molecule is Cc1cnn(-c2ccncc2NC(=O)[C@H]2C[C@@H]2c2ccccc2C)c1. The highest BCUT2D eigenvalue weighted by atomic mass is 16.2. The lowest BCUT2D eigenvalue weighted by atomic mass is 10.0. The summed E-state index contributed by atoms with van der Waals surface area (Å²) in [6.07, 6.45) is 8.00. The number of pyridine rings is 1. The Kier molecular flexibility index (Phi) is 3.84. The summed E-state index contributed by atoms with van der Waals surface area (Å²) in [4.78, 5) is 16.8. The van der Waals surface area contributed by atoms with Crippen LogP contribution in [0.3, 0.4) is 0 Å². The molecule has 1 aliphatic rings. The average molecular weight is 332 g/mol. The number of carbonyl (C=O) groups is 1. The molecule has 2 aromatic heterocycles. The molecule has 5 nitrogen and oxygen atoms in total. The Morgan fingerprint density at radius 2 is 2.04 bits per heavy atom. The number of amides is 1. The first kappa shape index (κ1) is 15.6. The van der Waals surface area contributed by atoms with E-state index in [4.69, 9.17) is 0 Å². The molecule has 0 bridgehead atoms. The molecule has 0 aliphatic heterocycles. The van der Waals surface area contributed by atoms with Gasteiger partial charge in [0.1, 0.15) is 0 Å². The minimum absolute atomic E-state index is 0.0218. The summed E-state index contributed by atoms with van der Waals surface area (Å²) >= 11 is 0. The Morgan fingerprint density at radius 1 is 1.20 bits per heavy atom. The second-order valence-corrected chi connectivity index (χ2v) is 6.65. The first-order valence-corrected chi connectivity index (χ1v) is 8.45. The summed E-state index contributed by atoms with van der Waals surface area (Å²) in [5.41, 5.74) is 5.10. The van der Waals surface area contributed by atoms with E-state index in [1.54, 1.807) is 23.3 Å². The molecule has 1 fully saturated rings. The first-order valence-electron chi connectivity index (χ1n) is 8.45. The van der Waals surface area contributed by atoms with Crippen LogP contribution in [0.1, 0.15) is 29.0 Å². The number of rotatable bonds is 4. The number of anilines is 1. The Hall–Kier alpha value is -2.95. The lowest BCUT2D eigenvalue weighted by molar-refractivity contribution is -0.117. The van der Waals surface area contributed by atoms with Gasteiger partial charge in [0.25, 0.3) is 0 Å². The second-order valence-electron chi connectivity index (χ2n) is 6.65. The molecule has 1 N–H and O–H groups in total. The lowest BCUT2D eigenvalue weighted by Crippen LogP contribution is -2.16. The fourth-order valence-corrected chi connectivity index (χ4v) is 3.28. The van der Waals surface area contributed by atoms with Gasteiger partial charge >= 0.3 is 0 Å². The highest BCUT2D eigenvalue weighted by molar-refractivity contribution is 5.96. The molecule has 0 unspecified atom stereocenters. The highest BCUT2D eigenvalue weighted by Crippen LogP contribution is 2.49. The molecule has 2 atom stereocenters. The van der Waals surface area contributed by atoms with Crippen molar-refractivity contribution in [1.29, 1.82) is 0 Å². The summed E-state index contributed by atoms with van der Waals surface area (Å²) in [6, 6.07) is 10.1. The third kappa shape index (κ3) is 3.05. The number of nitrogens with one attached hydrogen (secondary N) is 1. The van der Waals surface area contributed by atoms with Crippen LogP contribution in [-0.2, 0) is 4.79 Å². The van der Waals surface area contributed by atoms with Crippen molar-refractivity contribution < 1.29 is 4.79 Å². The van der Waals surface area contributed by atoms with E-state index in [2.05, 4.69) is 34.5 Å². The van der Waals surface area contributed by atoms with Crippen LogP contribution in [0, 0.1) is 19.8 Å². The van der Waals surface area contributed by atoms with Crippen molar-refractivity contribution in [2.24, 2.45) is 5.92 Å². The number of aryl methyl sites for hydroxylation is 2. The van der Waals surface area contributed by atoms with E-state index in [0.29, 0.717) is 11.6 Å². The van der Waals surface area contributed by atoms with Gasteiger partial charge in [-0.1, -0.05) is 24.3 Å². The molecule has 0 saturated heterocycles. The smallest absolute Gasteiger partial charge is 0.228 e. The summed E-state index contributed by atoms with van der Waals surface area (Å²) in [5.74, 6) is 0.383. The number of nitrogens with zero attached hydrogens (tertiary/aromatic N) is 3. The maximum atomic E-state index is 12.7.